The summed E-state index contributed by atoms with van der Waals surface area (Å²) in [5.74, 6) is 1.20. The molecule has 0 atom stereocenters. The minimum Gasteiger partial charge on any atom is -0.437 e. The van der Waals surface area contributed by atoms with Crippen molar-refractivity contribution in [3.05, 3.63) is 59.3 Å². The van der Waals surface area contributed by atoms with Crippen LogP contribution in [0.5, 0.6) is 11.5 Å². The van der Waals surface area contributed by atoms with Gasteiger partial charge in [0.25, 0.3) is 0 Å². The summed E-state index contributed by atoms with van der Waals surface area (Å²) in [4.78, 5) is 0. The highest BCUT2D eigenvalue weighted by molar-refractivity contribution is 6.09. The average Bonchev–Trinajstić information content (AvgIpc) is 3.39. The van der Waals surface area contributed by atoms with E-state index in [1.807, 2.05) is 54.6 Å². The zero-order valence-corrected chi connectivity index (χ0v) is 15.1. The lowest BCUT2D eigenvalue weighted by molar-refractivity contribution is 0.455. The lowest BCUT2D eigenvalue weighted by atomic mass is 10.0. The van der Waals surface area contributed by atoms with E-state index in [9.17, 15) is 0 Å². The van der Waals surface area contributed by atoms with E-state index in [0.29, 0.717) is 22.9 Å². The first-order chi connectivity index (χ1) is 14.7. The molecule has 138 valence electrons. The second-order valence-corrected chi connectivity index (χ2v) is 6.49. The lowest BCUT2D eigenvalue weighted by Gasteiger charge is -2.08. The quantitative estimate of drug-likeness (QED) is 0.433. The molecule has 0 radical (unpaired) electrons. The average molecular weight is 388 g/mol. The Kier molecular flexibility index (Phi) is 3.49. The molecule has 0 saturated carbocycles. The van der Waals surface area contributed by atoms with Gasteiger partial charge < -0.3 is 20.1 Å². The molecule has 3 aromatic rings. The number of nitriles is 4. The van der Waals surface area contributed by atoms with Gasteiger partial charge in [-0.1, -0.05) is 12.1 Å². The highest BCUT2D eigenvalue weighted by Crippen LogP contribution is 2.46. The van der Waals surface area contributed by atoms with Crippen molar-refractivity contribution in [3.8, 4) is 35.8 Å². The zero-order chi connectivity index (χ0) is 20.8. The highest BCUT2D eigenvalue weighted by atomic mass is 16.5. The summed E-state index contributed by atoms with van der Waals surface area (Å²) in [7, 11) is 0. The van der Waals surface area contributed by atoms with Gasteiger partial charge in [-0.3, -0.25) is 0 Å². The number of fused-ring (bicyclic) bond motifs is 6. The van der Waals surface area contributed by atoms with E-state index in [2.05, 4.69) is 10.6 Å². The molecule has 0 bridgehead atoms. The Morgan fingerprint density at radius 1 is 0.700 bits per heavy atom. The first-order valence-corrected chi connectivity index (χ1v) is 8.69. The van der Waals surface area contributed by atoms with Crippen LogP contribution < -0.4 is 20.1 Å². The maximum absolute atomic E-state index is 9.11. The number of hydrogen-bond acceptors (Lipinski definition) is 8. The van der Waals surface area contributed by atoms with Gasteiger partial charge in [0.2, 0.25) is 11.8 Å². The smallest absolute Gasteiger partial charge is 0.226 e. The fraction of sp³-hybridized carbons (Fsp3) is 0. The van der Waals surface area contributed by atoms with Gasteiger partial charge in [0.05, 0.1) is 11.4 Å². The maximum Gasteiger partial charge on any atom is 0.226 e. The normalized spacial score (nSPS) is 12.8. The maximum atomic E-state index is 9.11. The van der Waals surface area contributed by atoms with Crippen molar-refractivity contribution in [3.63, 3.8) is 0 Å². The molecule has 0 fully saturated rings. The fourth-order valence-corrected chi connectivity index (χ4v) is 3.50. The summed E-state index contributed by atoms with van der Waals surface area (Å²) in [6.07, 6.45) is 0. The monoisotopic (exact) mass is 388 g/mol. The molecular weight excluding hydrogens is 380 g/mol. The molecule has 8 nitrogen and oxygen atoms in total. The standard InChI is InChI=1S/C22H8N6O2/c23-7-13(8-24)21-27-17-3-1-12-5-11-2-4-18-19(15(11)6-16(12)20(17)30-21)28-22(29-18)14(9-25)10-26/h1-6,27-28H. The minimum atomic E-state index is -0.149. The first-order valence-electron chi connectivity index (χ1n) is 8.69. The number of nitrogens with zero attached hydrogens (tertiary/aromatic N) is 4. The van der Waals surface area contributed by atoms with E-state index in [4.69, 9.17) is 30.5 Å². The summed E-state index contributed by atoms with van der Waals surface area (Å²) in [6, 6.07) is 18.5. The van der Waals surface area contributed by atoms with Crippen LogP contribution in [0.4, 0.5) is 11.4 Å². The van der Waals surface area contributed by atoms with Crippen LogP contribution in [-0.2, 0) is 0 Å². The Labute approximate surface area is 169 Å². The van der Waals surface area contributed by atoms with Crippen molar-refractivity contribution in [2.75, 3.05) is 10.6 Å². The molecule has 2 aliphatic rings. The molecule has 0 unspecified atom stereocenters. The predicted octanol–water partition coefficient (Wildman–Crippen LogP) is 4.12. The number of nitrogens with one attached hydrogen (secondary N) is 2. The van der Waals surface area contributed by atoms with Gasteiger partial charge in [-0.15, -0.1) is 0 Å². The molecular formula is C22H8N6O2. The van der Waals surface area contributed by atoms with E-state index in [-0.39, 0.29) is 22.9 Å². The second kappa shape index (κ2) is 6.17. The van der Waals surface area contributed by atoms with Gasteiger partial charge in [-0.2, -0.15) is 21.0 Å². The van der Waals surface area contributed by atoms with Gasteiger partial charge >= 0.3 is 0 Å². The molecule has 0 saturated heterocycles. The summed E-state index contributed by atoms with van der Waals surface area (Å²) >= 11 is 0. The van der Waals surface area contributed by atoms with Crippen LogP contribution in [-0.4, -0.2) is 0 Å². The van der Waals surface area contributed by atoms with E-state index in [1.165, 1.54) is 0 Å². The third-order valence-electron chi connectivity index (χ3n) is 4.87. The number of hydrogen-bond donors (Lipinski definition) is 2. The molecule has 2 N–H and O–H groups in total. The lowest BCUT2D eigenvalue weighted by Crippen LogP contribution is -2.00. The van der Waals surface area contributed by atoms with E-state index in [1.54, 1.807) is 6.07 Å². The first kappa shape index (κ1) is 17.0. The summed E-state index contributed by atoms with van der Waals surface area (Å²) in [6.45, 7) is 0. The Hall–Kier alpha value is -5.18. The van der Waals surface area contributed by atoms with Crippen molar-refractivity contribution in [2.45, 2.75) is 0 Å². The fourth-order valence-electron chi connectivity index (χ4n) is 3.50. The molecule has 3 aromatic carbocycles. The Morgan fingerprint density at radius 2 is 1.33 bits per heavy atom. The number of benzene rings is 3. The van der Waals surface area contributed by atoms with Crippen LogP contribution in [0.25, 0.3) is 21.5 Å². The molecule has 5 rings (SSSR count). The summed E-state index contributed by atoms with van der Waals surface area (Å²) in [5, 5.41) is 45.8. The summed E-state index contributed by atoms with van der Waals surface area (Å²) in [5.41, 5.74) is 0.991. The number of rotatable bonds is 0. The summed E-state index contributed by atoms with van der Waals surface area (Å²) < 4.78 is 11.4. The van der Waals surface area contributed by atoms with E-state index < -0.39 is 0 Å². The molecule has 0 amide bonds. The van der Waals surface area contributed by atoms with Crippen molar-refractivity contribution in [1.29, 1.82) is 21.0 Å². The van der Waals surface area contributed by atoms with Crippen molar-refractivity contribution >= 4 is 32.9 Å². The number of ether oxygens (including phenoxy) is 2. The van der Waals surface area contributed by atoms with E-state index in [0.717, 1.165) is 21.5 Å². The Balaban J connectivity index is 1.73. The van der Waals surface area contributed by atoms with Crippen molar-refractivity contribution < 1.29 is 9.47 Å². The highest BCUT2D eigenvalue weighted by Gasteiger charge is 2.26. The van der Waals surface area contributed by atoms with E-state index >= 15 is 0 Å². The van der Waals surface area contributed by atoms with Crippen LogP contribution in [0.2, 0.25) is 0 Å². The van der Waals surface area contributed by atoms with Gasteiger partial charge in [-0.05, 0) is 35.0 Å². The number of allylic oxidation sites excluding steroid dienone is 2. The molecule has 30 heavy (non-hydrogen) atoms. The van der Waals surface area contributed by atoms with Crippen LogP contribution in [0, 0.1) is 45.3 Å². The molecule has 0 aromatic heterocycles. The van der Waals surface area contributed by atoms with Crippen LogP contribution >= 0.6 is 0 Å². The van der Waals surface area contributed by atoms with Crippen molar-refractivity contribution in [1.82, 2.24) is 0 Å². The van der Waals surface area contributed by atoms with Crippen LogP contribution in [0.3, 0.4) is 0 Å². The third kappa shape index (κ3) is 2.29. The molecule has 0 aliphatic carbocycles. The molecule has 2 heterocycles. The minimum absolute atomic E-state index is 0.0942. The molecule has 0 spiro atoms. The topological polar surface area (TPSA) is 138 Å². The molecule has 8 heteroatoms. The second-order valence-electron chi connectivity index (χ2n) is 6.49. The third-order valence-corrected chi connectivity index (χ3v) is 4.87. The van der Waals surface area contributed by atoms with Gasteiger partial charge in [-0.25, -0.2) is 0 Å². The van der Waals surface area contributed by atoms with Crippen LogP contribution in [0.1, 0.15) is 0 Å². The van der Waals surface area contributed by atoms with Gasteiger partial charge in [0.1, 0.15) is 24.3 Å². The SMILES string of the molecule is N#CC(C#N)=C1Nc2c(ccc3cc4ccc5c(c4cc23)OC(=C(C#N)C#N)N5)O1. The van der Waals surface area contributed by atoms with Crippen molar-refractivity contribution in [2.24, 2.45) is 0 Å². The van der Waals surface area contributed by atoms with Gasteiger partial charge in [0.15, 0.2) is 22.6 Å². The Morgan fingerprint density at radius 3 is 2.03 bits per heavy atom. The van der Waals surface area contributed by atoms with Gasteiger partial charge in [0, 0.05) is 10.8 Å². The zero-order valence-electron chi connectivity index (χ0n) is 15.1. The Bertz CT molecular complexity index is 1390. The predicted molar refractivity (Wildman–Crippen MR) is 106 cm³/mol. The largest absolute Gasteiger partial charge is 0.437 e. The van der Waals surface area contributed by atoms with Crippen LogP contribution in [0.15, 0.2) is 59.3 Å². The molecule has 2 aliphatic heterocycles. The number of anilines is 2.